The summed E-state index contributed by atoms with van der Waals surface area (Å²) in [6.45, 7) is 4.26. The van der Waals surface area contributed by atoms with Crippen LogP contribution in [0.25, 0.3) is 10.1 Å². The van der Waals surface area contributed by atoms with Gasteiger partial charge in [-0.05, 0) is 55.7 Å². The monoisotopic (exact) mass is 546 g/mol. The Morgan fingerprint density at radius 3 is 2.65 bits per heavy atom. The standard InChI is InChI=1S/C25H21ClF2N4O4S/c1-4-36-25(35)23-29-22(30-24(34)20-15-10-14(27)8-9-18(15)37-31-20)21(32(23)11-12(2)33)13(3)19-16(26)6-5-7-17(19)28/h5-10,13H,4,11H2,1-3H3,(H,30,34). The second-order valence-corrected chi connectivity index (χ2v) is 9.37. The van der Waals surface area contributed by atoms with Crippen LogP contribution in [0.4, 0.5) is 14.6 Å². The molecule has 0 bridgehead atoms. The van der Waals surface area contributed by atoms with Crippen LogP contribution in [-0.2, 0) is 16.1 Å². The van der Waals surface area contributed by atoms with Gasteiger partial charge in [-0.1, -0.05) is 24.6 Å². The van der Waals surface area contributed by atoms with Gasteiger partial charge >= 0.3 is 5.97 Å². The summed E-state index contributed by atoms with van der Waals surface area (Å²) >= 11 is 7.32. The third kappa shape index (κ3) is 5.23. The highest BCUT2D eigenvalue weighted by atomic mass is 35.5. The van der Waals surface area contributed by atoms with E-state index in [-0.39, 0.29) is 52.6 Å². The number of carbonyl (C=O) groups is 3. The molecule has 0 aliphatic carbocycles. The molecule has 1 atom stereocenters. The van der Waals surface area contributed by atoms with E-state index in [0.717, 1.165) is 11.5 Å². The molecule has 37 heavy (non-hydrogen) atoms. The summed E-state index contributed by atoms with van der Waals surface area (Å²) in [7, 11) is 0. The molecule has 1 N–H and O–H groups in total. The normalized spacial score (nSPS) is 11.9. The first kappa shape index (κ1) is 26.4. The average molecular weight is 547 g/mol. The van der Waals surface area contributed by atoms with Gasteiger partial charge in [-0.25, -0.2) is 18.6 Å². The number of hydrogen-bond acceptors (Lipinski definition) is 7. The zero-order valence-corrected chi connectivity index (χ0v) is 21.5. The van der Waals surface area contributed by atoms with Crippen LogP contribution in [0.15, 0.2) is 36.4 Å². The highest BCUT2D eigenvalue weighted by Crippen LogP contribution is 2.37. The molecule has 4 aromatic rings. The van der Waals surface area contributed by atoms with Gasteiger partial charge in [0.1, 0.15) is 23.1 Å². The molecule has 0 saturated heterocycles. The number of imidazole rings is 1. The molecule has 2 aromatic carbocycles. The zero-order valence-electron chi connectivity index (χ0n) is 20.0. The largest absolute Gasteiger partial charge is 0.460 e. The van der Waals surface area contributed by atoms with Gasteiger partial charge in [0.25, 0.3) is 5.91 Å². The van der Waals surface area contributed by atoms with Crippen LogP contribution in [0.2, 0.25) is 5.02 Å². The lowest BCUT2D eigenvalue weighted by atomic mass is 9.96. The van der Waals surface area contributed by atoms with Crippen molar-refractivity contribution < 1.29 is 27.9 Å². The Morgan fingerprint density at radius 2 is 1.97 bits per heavy atom. The zero-order chi connectivity index (χ0) is 26.9. The van der Waals surface area contributed by atoms with E-state index in [2.05, 4.69) is 14.7 Å². The van der Waals surface area contributed by atoms with E-state index in [9.17, 15) is 23.2 Å². The SMILES string of the molecule is CCOC(=O)c1nc(NC(=O)c2nsc3ccc(F)cc23)c(C(C)c2c(F)cccc2Cl)n1CC(C)=O. The van der Waals surface area contributed by atoms with Crippen LogP contribution in [0.1, 0.15) is 59.1 Å². The van der Waals surface area contributed by atoms with Crippen molar-refractivity contribution in [3.63, 3.8) is 0 Å². The van der Waals surface area contributed by atoms with Gasteiger partial charge in [0.2, 0.25) is 5.82 Å². The Kier molecular flexibility index (Phi) is 7.65. The average Bonchev–Trinajstić information content (AvgIpc) is 3.39. The smallest absolute Gasteiger partial charge is 0.374 e. The summed E-state index contributed by atoms with van der Waals surface area (Å²) in [6.07, 6.45) is 0. The molecular formula is C25H21ClF2N4O4S. The van der Waals surface area contributed by atoms with Crippen LogP contribution < -0.4 is 5.32 Å². The predicted molar refractivity (Wildman–Crippen MR) is 135 cm³/mol. The molecule has 0 aliphatic heterocycles. The fraction of sp³-hybridized carbons (Fsp3) is 0.240. The Hall–Kier alpha value is -3.70. The van der Waals surface area contributed by atoms with Gasteiger partial charge < -0.3 is 14.6 Å². The van der Waals surface area contributed by atoms with Gasteiger partial charge in [0.15, 0.2) is 5.82 Å². The summed E-state index contributed by atoms with van der Waals surface area (Å²) in [5.74, 6) is -4.27. The Morgan fingerprint density at radius 1 is 1.22 bits per heavy atom. The van der Waals surface area contributed by atoms with Crippen molar-refractivity contribution in [1.82, 2.24) is 13.9 Å². The minimum absolute atomic E-state index is 0.0356. The first-order valence-electron chi connectivity index (χ1n) is 11.2. The topological polar surface area (TPSA) is 103 Å². The van der Waals surface area contributed by atoms with E-state index in [4.69, 9.17) is 16.3 Å². The lowest BCUT2D eigenvalue weighted by molar-refractivity contribution is -0.117. The number of fused-ring (bicyclic) bond motifs is 1. The number of Topliss-reactive ketones (excluding diaryl/α,β-unsaturated/α-hetero) is 1. The van der Waals surface area contributed by atoms with E-state index in [0.29, 0.717) is 10.1 Å². The number of anilines is 1. The number of rotatable bonds is 8. The van der Waals surface area contributed by atoms with Crippen molar-refractivity contribution in [1.29, 1.82) is 0 Å². The van der Waals surface area contributed by atoms with Crippen molar-refractivity contribution in [2.45, 2.75) is 33.2 Å². The molecule has 12 heteroatoms. The molecule has 1 unspecified atom stereocenters. The van der Waals surface area contributed by atoms with Gasteiger partial charge in [0, 0.05) is 21.9 Å². The molecular weight excluding hydrogens is 526 g/mol. The third-order valence-electron chi connectivity index (χ3n) is 5.57. The lowest BCUT2D eigenvalue weighted by Gasteiger charge is -2.19. The van der Waals surface area contributed by atoms with E-state index >= 15 is 0 Å². The van der Waals surface area contributed by atoms with Crippen molar-refractivity contribution >= 4 is 56.7 Å². The fourth-order valence-electron chi connectivity index (χ4n) is 4.03. The fourth-order valence-corrected chi connectivity index (χ4v) is 5.11. The van der Waals surface area contributed by atoms with E-state index in [1.54, 1.807) is 13.8 Å². The molecule has 192 valence electrons. The Bertz CT molecular complexity index is 1510. The molecule has 0 fully saturated rings. The number of halogens is 3. The van der Waals surface area contributed by atoms with Gasteiger partial charge in [-0.15, -0.1) is 0 Å². The molecule has 0 spiro atoms. The highest BCUT2D eigenvalue weighted by Gasteiger charge is 2.31. The molecule has 1 amide bonds. The van der Waals surface area contributed by atoms with Crippen LogP contribution in [-0.4, -0.2) is 38.2 Å². The number of hydrogen-bond donors (Lipinski definition) is 1. The maximum atomic E-state index is 14.9. The van der Waals surface area contributed by atoms with Gasteiger partial charge in [0.05, 0.1) is 23.5 Å². The van der Waals surface area contributed by atoms with E-state index in [1.165, 1.54) is 47.9 Å². The maximum absolute atomic E-state index is 14.9. The number of nitrogens with zero attached hydrogens (tertiary/aromatic N) is 3. The van der Waals surface area contributed by atoms with Crippen molar-refractivity contribution in [2.24, 2.45) is 0 Å². The molecule has 8 nitrogen and oxygen atoms in total. The van der Waals surface area contributed by atoms with Gasteiger partial charge in [-0.3, -0.25) is 9.59 Å². The van der Waals surface area contributed by atoms with Crippen LogP contribution >= 0.6 is 23.1 Å². The van der Waals surface area contributed by atoms with Crippen LogP contribution in [0.3, 0.4) is 0 Å². The van der Waals surface area contributed by atoms with Gasteiger partial charge in [-0.2, -0.15) is 4.37 Å². The summed E-state index contributed by atoms with van der Waals surface area (Å²) < 4.78 is 39.9. The minimum atomic E-state index is -0.858. The molecule has 2 aromatic heterocycles. The third-order valence-corrected chi connectivity index (χ3v) is 6.72. The van der Waals surface area contributed by atoms with Crippen LogP contribution in [0.5, 0.6) is 0 Å². The number of aromatic nitrogens is 3. The van der Waals surface area contributed by atoms with Crippen molar-refractivity contribution in [2.75, 3.05) is 11.9 Å². The second kappa shape index (κ2) is 10.7. The number of esters is 1. The van der Waals surface area contributed by atoms with Crippen molar-refractivity contribution in [3.8, 4) is 0 Å². The predicted octanol–water partition coefficient (Wildman–Crippen LogP) is 5.59. The molecule has 0 aliphatic rings. The number of amides is 1. The number of benzene rings is 2. The maximum Gasteiger partial charge on any atom is 0.374 e. The molecule has 4 rings (SSSR count). The number of ether oxygens (including phenoxy) is 1. The minimum Gasteiger partial charge on any atom is -0.460 e. The number of nitrogens with one attached hydrogen (secondary N) is 1. The number of carbonyl (C=O) groups excluding carboxylic acids is 3. The first-order chi connectivity index (χ1) is 17.6. The quantitative estimate of drug-likeness (QED) is 0.289. The number of ketones is 1. The van der Waals surface area contributed by atoms with Crippen LogP contribution in [0, 0.1) is 11.6 Å². The molecule has 2 heterocycles. The summed E-state index contributed by atoms with van der Waals surface area (Å²) in [6, 6.07) is 8.13. The Balaban J connectivity index is 1.89. The molecule has 0 saturated carbocycles. The van der Waals surface area contributed by atoms with E-state index in [1.807, 2.05) is 0 Å². The summed E-state index contributed by atoms with van der Waals surface area (Å²) in [5, 5.41) is 3.02. The Labute approximate surface area is 219 Å². The first-order valence-corrected chi connectivity index (χ1v) is 12.3. The lowest BCUT2D eigenvalue weighted by Crippen LogP contribution is -2.20. The second-order valence-electron chi connectivity index (χ2n) is 8.16. The summed E-state index contributed by atoms with van der Waals surface area (Å²) in [5.41, 5.74) is 0.186. The van der Waals surface area contributed by atoms with E-state index < -0.39 is 29.4 Å². The highest BCUT2D eigenvalue weighted by molar-refractivity contribution is 7.13. The summed E-state index contributed by atoms with van der Waals surface area (Å²) in [4.78, 5) is 42.4. The molecule has 0 radical (unpaired) electrons. The van der Waals surface area contributed by atoms with Crippen molar-refractivity contribution in [3.05, 3.63) is 75.8 Å².